The number of alkyl halides is 1. The van der Waals surface area contributed by atoms with Crippen molar-refractivity contribution in [2.24, 2.45) is 0 Å². The van der Waals surface area contributed by atoms with Crippen molar-refractivity contribution < 1.29 is 4.79 Å². The van der Waals surface area contributed by atoms with Crippen molar-refractivity contribution in [2.45, 2.75) is 0 Å². The molecule has 0 atom stereocenters. The molecule has 3 nitrogen and oxygen atoms in total. The molecule has 0 aliphatic rings. The number of anilines is 1. The third kappa shape index (κ3) is 3.40. The summed E-state index contributed by atoms with van der Waals surface area (Å²) in [6.45, 7) is 0. The number of thiazole rings is 1. The fourth-order valence-electron chi connectivity index (χ4n) is 1.88. The molecule has 1 aromatic carbocycles. The van der Waals surface area contributed by atoms with E-state index >= 15 is 0 Å². The molecular weight excluding hydrogens is 368 g/mol. The molecule has 3 aromatic rings. The molecule has 0 aliphatic heterocycles. The van der Waals surface area contributed by atoms with Gasteiger partial charge < -0.3 is 5.32 Å². The number of carbonyl (C=O) groups is 1. The summed E-state index contributed by atoms with van der Waals surface area (Å²) in [6, 6.07) is 10.4. The molecular formula is C15H11BrN2OS2. The molecule has 0 radical (unpaired) electrons. The number of benzene rings is 1. The molecule has 0 fully saturated rings. The van der Waals surface area contributed by atoms with Gasteiger partial charge in [-0.15, -0.1) is 11.3 Å². The van der Waals surface area contributed by atoms with Crippen LogP contribution in [0.5, 0.6) is 0 Å². The van der Waals surface area contributed by atoms with E-state index in [-0.39, 0.29) is 11.2 Å². The third-order valence-corrected chi connectivity index (χ3v) is 4.86. The second-order valence-electron chi connectivity index (χ2n) is 4.31. The molecule has 2 aromatic heterocycles. The minimum atomic E-state index is -0.0938. The lowest BCUT2D eigenvalue weighted by molar-refractivity contribution is -0.113. The number of hydrogen-bond donors (Lipinski definition) is 1. The Labute approximate surface area is 138 Å². The number of aromatic nitrogens is 1. The molecule has 0 spiro atoms. The smallest absolute Gasteiger partial charge is 0.236 e. The van der Waals surface area contributed by atoms with Crippen LogP contribution in [0.15, 0.2) is 46.5 Å². The molecule has 6 heteroatoms. The van der Waals surface area contributed by atoms with Gasteiger partial charge in [0.2, 0.25) is 5.91 Å². The Balaban J connectivity index is 1.79. The number of rotatable bonds is 4. The maximum absolute atomic E-state index is 11.3. The molecule has 0 saturated carbocycles. The summed E-state index contributed by atoms with van der Waals surface area (Å²) in [7, 11) is 0. The van der Waals surface area contributed by atoms with Crippen molar-refractivity contribution in [2.75, 3.05) is 10.6 Å². The van der Waals surface area contributed by atoms with Crippen molar-refractivity contribution >= 4 is 49.6 Å². The van der Waals surface area contributed by atoms with Gasteiger partial charge in [0.25, 0.3) is 0 Å². The van der Waals surface area contributed by atoms with E-state index in [2.05, 4.69) is 67.3 Å². The highest BCUT2D eigenvalue weighted by molar-refractivity contribution is 9.09. The predicted octanol–water partition coefficient (Wildman–Crippen LogP) is 4.87. The predicted molar refractivity (Wildman–Crippen MR) is 93.3 cm³/mol. The lowest BCUT2D eigenvalue weighted by atomic mass is 10.1. The summed E-state index contributed by atoms with van der Waals surface area (Å²) in [4.78, 5) is 15.7. The van der Waals surface area contributed by atoms with Crippen LogP contribution in [0.4, 0.5) is 5.13 Å². The topological polar surface area (TPSA) is 42.0 Å². The van der Waals surface area contributed by atoms with E-state index in [1.54, 1.807) is 11.3 Å². The van der Waals surface area contributed by atoms with Crippen LogP contribution in [0.1, 0.15) is 0 Å². The van der Waals surface area contributed by atoms with E-state index in [1.807, 2.05) is 5.38 Å². The number of carbonyl (C=O) groups excluding carboxylic acids is 1. The van der Waals surface area contributed by atoms with Gasteiger partial charge in [0, 0.05) is 10.9 Å². The molecule has 0 saturated heterocycles. The van der Waals surface area contributed by atoms with Crippen molar-refractivity contribution in [3.05, 3.63) is 46.5 Å². The minimum absolute atomic E-state index is 0.0938. The van der Waals surface area contributed by atoms with Gasteiger partial charge >= 0.3 is 0 Å². The van der Waals surface area contributed by atoms with Gasteiger partial charge in [0.1, 0.15) is 0 Å². The average Bonchev–Trinajstić information content (AvgIpc) is 3.19. The summed E-state index contributed by atoms with van der Waals surface area (Å²) in [5.41, 5.74) is 4.35. The summed E-state index contributed by atoms with van der Waals surface area (Å²) in [5.74, 6) is -0.0938. The average molecular weight is 379 g/mol. The second kappa shape index (κ2) is 6.51. The van der Waals surface area contributed by atoms with E-state index in [9.17, 15) is 4.79 Å². The van der Waals surface area contributed by atoms with Crippen molar-refractivity contribution in [3.63, 3.8) is 0 Å². The molecule has 1 amide bonds. The van der Waals surface area contributed by atoms with Crippen LogP contribution in [0.25, 0.3) is 22.4 Å². The number of halogens is 1. The van der Waals surface area contributed by atoms with Crippen LogP contribution in [0.2, 0.25) is 0 Å². The Morgan fingerprint density at radius 3 is 2.52 bits per heavy atom. The normalized spacial score (nSPS) is 10.5. The zero-order valence-corrected chi connectivity index (χ0v) is 14.1. The highest BCUT2D eigenvalue weighted by atomic mass is 79.9. The molecule has 2 heterocycles. The summed E-state index contributed by atoms with van der Waals surface area (Å²) >= 11 is 6.24. The molecule has 0 bridgehead atoms. The van der Waals surface area contributed by atoms with Gasteiger partial charge in [0.05, 0.1) is 11.0 Å². The van der Waals surface area contributed by atoms with Gasteiger partial charge in [0.15, 0.2) is 5.13 Å². The Hall–Kier alpha value is -1.50. The summed E-state index contributed by atoms with van der Waals surface area (Å²) in [6.07, 6.45) is 0. The van der Waals surface area contributed by atoms with Gasteiger partial charge in [-0.1, -0.05) is 40.2 Å². The number of nitrogens with one attached hydrogen (secondary N) is 1. The first-order valence-electron chi connectivity index (χ1n) is 6.20. The van der Waals surface area contributed by atoms with E-state index in [1.165, 1.54) is 22.5 Å². The first-order valence-corrected chi connectivity index (χ1v) is 9.15. The van der Waals surface area contributed by atoms with Crippen LogP contribution in [-0.2, 0) is 4.79 Å². The lowest BCUT2D eigenvalue weighted by Crippen LogP contribution is -2.11. The van der Waals surface area contributed by atoms with E-state index in [0.29, 0.717) is 5.13 Å². The first kappa shape index (κ1) is 14.4. The third-order valence-electron chi connectivity index (χ3n) is 2.91. The zero-order valence-electron chi connectivity index (χ0n) is 10.9. The number of nitrogens with zero attached hydrogens (tertiary/aromatic N) is 1. The van der Waals surface area contributed by atoms with Gasteiger partial charge in [-0.2, -0.15) is 11.3 Å². The maximum Gasteiger partial charge on any atom is 0.236 e. The number of hydrogen-bond acceptors (Lipinski definition) is 4. The Morgan fingerprint density at radius 2 is 1.86 bits per heavy atom. The Kier molecular flexibility index (Phi) is 4.48. The van der Waals surface area contributed by atoms with Crippen LogP contribution in [-0.4, -0.2) is 16.2 Å². The van der Waals surface area contributed by atoms with Gasteiger partial charge in [-0.3, -0.25) is 4.79 Å². The van der Waals surface area contributed by atoms with Crippen LogP contribution >= 0.6 is 38.6 Å². The standard InChI is InChI=1S/C15H11BrN2OS2/c16-7-14(19)18-15-17-13(9-21-15)11-3-1-10(2-4-11)12-5-6-20-8-12/h1-6,8-9H,7H2,(H,17,18,19). The van der Waals surface area contributed by atoms with Crippen molar-refractivity contribution in [1.29, 1.82) is 0 Å². The molecule has 106 valence electrons. The lowest BCUT2D eigenvalue weighted by Gasteiger charge is -2.00. The van der Waals surface area contributed by atoms with E-state index < -0.39 is 0 Å². The summed E-state index contributed by atoms with van der Waals surface area (Å²) < 4.78 is 0. The van der Waals surface area contributed by atoms with E-state index in [4.69, 9.17) is 0 Å². The fourth-order valence-corrected chi connectivity index (χ4v) is 3.42. The van der Waals surface area contributed by atoms with Crippen molar-refractivity contribution in [3.8, 4) is 22.4 Å². The number of amides is 1. The molecule has 0 unspecified atom stereocenters. The van der Waals surface area contributed by atoms with Crippen LogP contribution in [0, 0.1) is 0 Å². The minimum Gasteiger partial charge on any atom is -0.301 e. The van der Waals surface area contributed by atoms with E-state index in [0.717, 1.165) is 11.3 Å². The molecule has 3 rings (SSSR count). The van der Waals surface area contributed by atoms with Crippen LogP contribution in [0.3, 0.4) is 0 Å². The SMILES string of the molecule is O=C(CBr)Nc1nc(-c2ccc(-c3ccsc3)cc2)cs1. The molecule has 0 aliphatic carbocycles. The molecule has 1 N–H and O–H groups in total. The zero-order chi connectivity index (χ0) is 14.7. The largest absolute Gasteiger partial charge is 0.301 e. The molecule has 21 heavy (non-hydrogen) atoms. The highest BCUT2D eigenvalue weighted by Crippen LogP contribution is 2.28. The first-order chi connectivity index (χ1) is 10.3. The quantitative estimate of drug-likeness (QED) is 0.657. The summed E-state index contributed by atoms with van der Waals surface area (Å²) in [5, 5.41) is 9.79. The van der Waals surface area contributed by atoms with Crippen LogP contribution < -0.4 is 5.32 Å². The Bertz CT molecular complexity index is 735. The van der Waals surface area contributed by atoms with Crippen molar-refractivity contribution in [1.82, 2.24) is 4.98 Å². The van der Waals surface area contributed by atoms with Gasteiger partial charge in [-0.05, 0) is 28.0 Å². The van der Waals surface area contributed by atoms with Gasteiger partial charge in [-0.25, -0.2) is 4.98 Å². The maximum atomic E-state index is 11.3. The monoisotopic (exact) mass is 378 g/mol. The number of thiophene rings is 1. The highest BCUT2D eigenvalue weighted by Gasteiger charge is 2.07. The second-order valence-corrected chi connectivity index (χ2v) is 6.51. The fraction of sp³-hybridized carbons (Fsp3) is 0.0667. The Morgan fingerprint density at radius 1 is 1.10 bits per heavy atom.